The van der Waals surface area contributed by atoms with E-state index >= 15 is 0 Å². The molecule has 0 fully saturated rings. The van der Waals surface area contributed by atoms with E-state index in [0.717, 1.165) is 28.0 Å². The fraction of sp³-hybridized carbons (Fsp3) is 0.154. The summed E-state index contributed by atoms with van der Waals surface area (Å²) in [7, 11) is 1.98. The molecule has 1 heterocycles. The van der Waals surface area contributed by atoms with Gasteiger partial charge in [0.2, 0.25) is 0 Å². The van der Waals surface area contributed by atoms with Crippen molar-refractivity contribution in [2.45, 2.75) is 13.2 Å². The molecule has 0 saturated heterocycles. The van der Waals surface area contributed by atoms with Crippen molar-refractivity contribution in [3.8, 4) is 17.0 Å². The molecular formula is C26H25N3O2. The Labute approximate surface area is 181 Å². The molecule has 3 aromatic carbocycles. The van der Waals surface area contributed by atoms with E-state index in [0.29, 0.717) is 25.2 Å². The molecule has 0 bridgehead atoms. The monoisotopic (exact) mass is 411 g/mol. The standard InChI is InChI=1S/C26H25N3O2/c1-3-17-31-22-15-13-20(14-16-22)18-28(2)19-29-26(30)24-12-8-7-11-23(24)25(27-29)21-9-5-4-6-10-21/h3-16H,1,17-19H2,2H3. The molecule has 4 aromatic rings. The van der Waals surface area contributed by atoms with Gasteiger partial charge in [0.1, 0.15) is 12.4 Å². The van der Waals surface area contributed by atoms with E-state index in [1.807, 2.05) is 85.9 Å². The zero-order valence-corrected chi connectivity index (χ0v) is 17.6. The van der Waals surface area contributed by atoms with E-state index in [9.17, 15) is 4.79 Å². The van der Waals surface area contributed by atoms with Crippen molar-refractivity contribution in [1.82, 2.24) is 14.7 Å². The van der Waals surface area contributed by atoms with Gasteiger partial charge in [-0.3, -0.25) is 9.69 Å². The molecule has 156 valence electrons. The van der Waals surface area contributed by atoms with Crippen LogP contribution in [0.3, 0.4) is 0 Å². The predicted molar refractivity (Wildman–Crippen MR) is 125 cm³/mol. The van der Waals surface area contributed by atoms with E-state index in [2.05, 4.69) is 11.5 Å². The number of fused-ring (bicyclic) bond motifs is 1. The Morgan fingerprint density at radius 1 is 0.968 bits per heavy atom. The number of benzene rings is 3. The molecule has 4 rings (SSSR count). The van der Waals surface area contributed by atoms with Crippen LogP contribution in [-0.4, -0.2) is 28.3 Å². The van der Waals surface area contributed by atoms with Gasteiger partial charge in [0.05, 0.1) is 17.7 Å². The first-order valence-electron chi connectivity index (χ1n) is 10.2. The Balaban J connectivity index is 1.60. The maximum Gasteiger partial charge on any atom is 0.275 e. The Bertz CT molecular complexity index is 1230. The zero-order chi connectivity index (χ0) is 21.6. The van der Waals surface area contributed by atoms with Crippen molar-refractivity contribution in [3.63, 3.8) is 0 Å². The summed E-state index contributed by atoms with van der Waals surface area (Å²) in [5, 5.41) is 6.28. The number of ether oxygens (including phenoxy) is 1. The first-order chi connectivity index (χ1) is 15.2. The SMILES string of the molecule is C=CCOc1ccc(CN(C)Cn2nc(-c3ccccc3)c3ccccc3c2=O)cc1. The molecule has 0 radical (unpaired) electrons. The smallest absolute Gasteiger partial charge is 0.275 e. The highest BCUT2D eigenvalue weighted by Crippen LogP contribution is 2.24. The summed E-state index contributed by atoms with van der Waals surface area (Å²) < 4.78 is 7.08. The average Bonchev–Trinajstić information content (AvgIpc) is 2.81. The highest BCUT2D eigenvalue weighted by atomic mass is 16.5. The summed E-state index contributed by atoms with van der Waals surface area (Å²) in [6, 6.07) is 25.6. The first kappa shape index (κ1) is 20.6. The van der Waals surface area contributed by atoms with E-state index < -0.39 is 0 Å². The van der Waals surface area contributed by atoms with Crippen molar-refractivity contribution in [1.29, 1.82) is 0 Å². The van der Waals surface area contributed by atoms with Crippen LogP contribution >= 0.6 is 0 Å². The normalized spacial score (nSPS) is 11.0. The van der Waals surface area contributed by atoms with Crippen LogP contribution in [0.25, 0.3) is 22.0 Å². The highest BCUT2D eigenvalue weighted by molar-refractivity contribution is 5.93. The Hall–Kier alpha value is -3.70. The molecular weight excluding hydrogens is 386 g/mol. The number of hydrogen-bond donors (Lipinski definition) is 0. The molecule has 0 aliphatic heterocycles. The third-order valence-corrected chi connectivity index (χ3v) is 5.03. The van der Waals surface area contributed by atoms with Crippen molar-refractivity contribution in [2.24, 2.45) is 0 Å². The Morgan fingerprint density at radius 2 is 1.65 bits per heavy atom. The summed E-state index contributed by atoms with van der Waals surface area (Å²) in [5.74, 6) is 0.811. The number of nitrogens with zero attached hydrogens (tertiary/aromatic N) is 3. The van der Waals surface area contributed by atoms with Gasteiger partial charge in [0, 0.05) is 17.5 Å². The van der Waals surface area contributed by atoms with Crippen LogP contribution in [0.2, 0.25) is 0 Å². The van der Waals surface area contributed by atoms with Crippen molar-refractivity contribution < 1.29 is 4.74 Å². The third-order valence-electron chi connectivity index (χ3n) is 5.03. The van der Waals surface area contributed by atoms with Gasteiger partial charge in [-0.1, -0.05) is 73.3 Å². The summed E-state index contributed by atoms with van der Waals surface area (Å²) in [6.07, 6.45) is 1.72. The van der Waals surface area contributed by atoms with E-state index in [1.54, 1.807) is 10.8 Å². The van der Waals surface area contributed by atoms with Crippen LogP contribution < -0.4 is 10.3 Å². The van der Waals surface area contributed by atoms with Crippen LogP contribution in [0.1, 0.15) is 5.56 Å². The Kier molecular flexibility index (Phi) is 6.24. The van der Waals surface area contributed by atoms with Crippen molar-refractivity contribution in [2.75, 3.05) is 13.7 Å². The number of rotatable bonds is 8. The lowest BCUT2D eigenvalue weighted by Gasteiger charge is -2.19. The summed E-state index contributed by atoms with van der Waals surface area (Å²) in [6.45, 7) is 5.22. The second-order valence-electron chi connectivity index (χ2n) is 7.46. The fourth-order valence-electron chi connectivity index (χ4n) is 3.58. The number of aromatic nitrogens is 2. The van der Waals surface area contributed by atoms with Gasteiger partial charge in [-0.15, -0.1) is 0 Å². The molecule has 0 aliphatic carbocycles. The topological polar surface area (TPSA) is 47.4 Å². The average molecular weight is 412 g/mol. The lowest BCUT2D eigenvalue weighted by Crippen LogP contribution is -2.32. The molecule has 0 N–H and O–H groups in total. The minimum Gasteiger partial charge on any atom is -0.490 e. The maximum atomic E-state index is 13.1. The molecule has 0 spiro atoms. The molecule has 5 nitrogen and oxygen atoms in total. The number of hydrogen-bond acceptors (Lipinski definition) is 4. The lowest BCUT2D eigenvalue weighted by atomic mass is 10.1. The molecule has 0 unspecified atom stereocenters. The minimum absolute atomic E-state index is 0.0877. The quantitative estimate of drug-likeness (QED) is 0.394. The zero-order valence-electron chi connectivity index (χ0n) is 17.6. The van der Waals surface area contributed by atoms with Crippen LogP contribution in [0.4, 0.5) is 0 Å². The van der Waals surface area contributed by atoms with Gasteiger partial charge in [-0.05, 0) is 30.8 Å². The van der Waals surface area contributed by atoms with Crippen molar-refractivity contribution >= 4 is 10.8 Å². The van der Waals surface area contributed by atoms with Crippen LogP contribution in [0, 0.1) is 0 Å². The molecule has 0 saturated carbocycles. The van der Waals surface area contributed by atoms with Crippen molar-refractivity contribution in [3.05, 3.63) is 107 Å². The van der Waals surface area contributed by atoms with Gasteiger partial charge < -0.3 is 4.74 Å². The van der Waals surface area contributed by atoms with E-state index in [1.165, 1.54) is 0 Å². The molecule has 5 heteroatoms. The van der Waals surface area contributed by atoms with Gasteiger partial charge >= 0.3 is 0 Å². The first-order valence-corrected chi connectivity index (χ1v) is 10.2. The molecule has 1 aromatic heterocycles. The summed E-state index contributed by atoms with van der Waals surface area (Å²) in [5.41, 5.74) is 2.85. The molecule has 0 atom stereocenters. The van der Waals surface area contributed by atoms with Crippen LogP contribution in [0.15, 0.2) is 96.3 Å². The summed E-state index contributed by atoms with van der Waals surface area (Å²) >= 11 is 0. The Morgan fingerprint density at radius 3 is 2.35 bits per heavy atom. The molecule has 0 aliphatic rings. The second kappa shape index (κ2) is 9.41. The van der Waals surface area contributed by atoms with Gasteiger partial charge in [0.15, 0.2) is 0 Å². The largest absolute Gasteiger partial charge is 0.490 e. The van der Waals surface area contributed by atoms with E-state index in [4.69, 9.17) is 9.84 Å². The fourth-order valence-corrected chi connectivity index (χ4v) is 3.58. The second-order valence-corrected chi connectivity index (χ2v) is 7.46. The van der Waals surface area contributed by atoms with Gasteiger partial charge in [-0.2, -0.15) is 5.10 Å². The summed E-state index contributed by atoms with van der Waals surface area (Å²) in [4.78, 5) is 15.2. The molecule has 0 amide bonds. The van der Waals surface area contributed by atoms with Gasteiger partial charge in [0.25, 0.3) is 5.56 Å². The lowest BCUT2D eigenvalue weighted by molar-refractivity contribution is 0.241. The minimum atomic E-state index is -0.0877. The van der Waals surface area contributed by atoms with Crippen LogP contribution in [-0.2, 0) is 13.2 Å². The third kappa shape index (κ3) is 4.73. The predicted octanol–water partition coefficient (Wildman–Crippen LogP) is 4.72. The van der Waals surface area contributed by atoms with Crippen LogP contribution in [0.5, 0.6) is 5.75 Å². The highest BCUT2D eigenvalue weighted by Gasteiger charge is 2.13. The maximum absolute atomic E-state index is 13.1. The van der Waals surface area contributed by atoms with Gasteiger partial charge in [-0.25, -0.2) is 4.68 Å². The molecule has 31 heavy (non-hydrogen) atoms. The van der Waals surface area contributed by atoms with E-state index in [-0.39, 0.29) is 5.56 Å².